The predicted octanol–water partition coefficient (Wildman–Crippen LogP) is 3.51. The van der Waals surface area contributed by atoms with Crippen LogP contribution < -0.4 is 5.32 Å². The van der Waals surface area contributed by atoms with Crippen LogP contribution in [0.1, 0.15) is 22.3 Å². The van der Waals surface area contributed by atoms with Crippen molar-refractivity contribution in [3.05, 3.63) is 82.3 Å². The fourth-order valence-electron chi connectivity index (χ4n) is 4.67. The largest absolute Gasteiger partial charge is 0.368 e. The first-order chi connectivity index (χ1) is 16.0. The third-order valence-corrected chi connectivity index (χ3v) is 6.89. The average molecular weight is 507 g/mol. The third kappa shape index (κ3) is 4.43. The smallest absolute Gasteiger partial charge is 0.251 e. The van der Waals surface area contributed by atoms with E-state index in [1.807, 2.05) is 60.7 Å². The molecular formula is C26H23BrN2O4. The molecule has 0 spiro atoms. The Morgan fingerprint density at radius 1 is 1.06 bits per heavy atom. The van der Waals surface area contributed by atoms with E-state index in [1.165, 1.54) is 0 Å². The average Bonchev–Trinajstić information content (AvgIpc) is 3.42. The van der Waals surface area contributed by atoms with Gasteiger partial charge in [0.15, 0.2) is 5.78 Å². The number of benzene rings is 3. The molecule has 2 aliphatic rings. The lowest BCUT2D eigenvalue weighted by Gasteiger charge is -2.27. The summed E-state index contributed by atoms with van der Waals surface area (Å²) >= 11 is 3.43. The highest BCUT2D eigenvalue weighted by atomic mass is 79.9. The minimum Gasteiger partial charge on any atom is -0.368 e. The first-order valence-electron chi connectivity index (χ1n) is 11.0. The summed E-state index contributed by atoms with van der Waals surface area (Å²) < 4.78 is 6.47. The van der Waals surface area contributed by atoms with Crippen molar-refractivity contribution in [2.24, 2.45) is 0 Å². The normalized spacial score (nSPS) is 20.6. The van der Waals surface area contributed by atoms with Gasteiger partial charge < -0.3 is 15.0 Å². The van der Waals surface area contributed by atoms with E-state index in [-0.39, 0.29) is 30.3 Å². The molecule has 7 heteroatoms. The van der Waals surface area contributed by atoms with Gasteiger partial charge in [-0.3, -0.25) is 14.4 Å². The van der Waals surface area contributed by atoms with Crippen molar-refractivity contribution in [3.63, 3.8) is 0 Å². The van der Waals surface area contributed by atoms with Crippen molar-refractivity contribution < 1.29 is 19.1 Å². The van der Waals surface area contributed by atoms with Crippen molar-refractivity contribution in [2.45, 2.75) is 31.0 Å². The van der Waals surface area contributed by atoms with Crippen molar-refractivity contribution in [1.29, 1.82) is 0 Å². The van der Waals surface area contributed by atoms with Gasteiger partial charge >= 0.3 is 0 Å². The number of carbonyl (C=O) groups excluding carboxylic acids is 3. The highest BCUT2D eigenvalue weighted by molar-refractivity contribution is 9.10. The van der Waals surface area contributed by atoms with Crippen LogP contribution in [0.2, 0.25) is 0 Å². The summed E-state index contributed by atoms with van der Waals surface area (Å²) in [5, 5.41) is 4.94. The van der Waals surface area contributed by atoms with E-state index < -0.39 is 12.1 Å². The number of ketones is 1. The highest BCUT2D eigenvalue weighted by Gasteiger charge is 2.48. The second-order valence-corrected chi connectivity index (χ2v) is 9.42. The molecule has 0 saturated carbocycles. The van der Waals surface area contributed by atoms with E-state index in [4.69, 9.17) is 4.74 Å². The molecule has 2 heterocycles. The van der Waals surface area contributed by atoms with E-state index in [2.05, 4.69) is 21.2 Å². The number of fused-ring (bicyclic) bond motifs is 2. The molecular weight excluding hydrogens is 484 g/mol. The molecule has 0 radical (unpaired) electrons. The van der Waals surface area contributed by atoms with Gasteiger partial charge in [0.2, 0.25) is 5.91 Å². The van der Waals surface area contributed by atoms with E-state index >= 15 is 0 Å². The summed E-state index contributed by atoms with van der Waals surface area (Å²) in [6.07, 6.45) is 0.714. The highest BCUT2D eigenvalue weighted by Crippen LogP contribution is 2.28. The van der Waals surface area contributed by atoms with Gasteiger partial charge in [-0.15, -0.1) is 0 Å². The zero-order chi connectivity index (χ0) is 22.9. The lowest BCUT2D eigenvalue weighted by molar-refractivity contribution is -0.138. The van der Waals surface area contributed by atoms with Crippen LogP contribution in [0.4, 0.5) is 0 Å². The molecule has 2 fully saturated rings. The molecule has 3 unspecified atom stereocenters. The SMILES string of the molecule is O=C(NC(Cc1ccc(Br)cc1)C(=O)N1CCC2OCC(=O)C21)c1ccc2ccccc2c1. The third-order valence-electron chi connectivity index (χ3n) is 6.36. The number of Topliss-reactive ketones (excluding diaryl/α,β-unsaturated/α-hetero) is 1. The Morgan fingerprint density at radius 3 is 2.61 bits per heavy atom. The number of likely N-dealkylation sites (tertiary alicyclic amines) is 1. The molecule has 2 amide bonds. The zero-order valence-electron chi connectivity index (χ0n) is 17.9. The Morgan fingerprint density at radius 2 is 1.82 bits per heavy atom. The van der Waals surface area contributed by atoms with E-state index in [9.17, 15) is 14.4 Å². The lowest BCUT2D eigenvalue weighted by atomic mass is 10.0. The van der Waals surface area contributed by atoms with Gasteiger partial charge in [-0.05, 0) is 47.0 Å². The summed E-state index contributed by atoms with van der Waals surface area (Å²) in [7, 11) is 0. The molecule has 3 atom stereocenters. The summed E-state index contributed by atoms with van der Waals surface area (Å²) in [5.74, 6) is -0.645. The quantitative estimate of drug-likeness (QED) is 0.574. The van der Waals surface area contributed by atoms with Crippen LogP contribution in [0.15, 0.2) is 71.2 Å². The van der Waals surface area contributed by atoms with Crippen LogP contribution in [0.3, 0.4) is 0 Å². The minimum atomic E-state index is -0.794. The van der Waals surface area contributed by atoms with Crippen LogP contribution in [0.25, 0.3) is 10.8 Å². The number of nitrogens with zero attached hydrogens (tertiary/aromatic N) is 1. The molecule has 2 saturated heterocycles. The number of halogens is 1. The predicted molar refractivity (Wildman–Crippen MR) is 128 cm³/mol. The van der Waals surface area contributed by atoms with Gasteiger partial charge in [0.25, 0.3) is 5.91 Å². The maximum Gasteiger partial charge on any atom is 0.251 e. The van der Waals surface area contributed by atoms with Crippen molar-refractivity contribution in [1.82, 2.24) is 10.2 Å². The summed E-state index contributed by atoms with van der Waals surface area (Å²) in [6, 6.07) is 19.6. The van der Waals surface area contributed by atoms with Gasteiger partial charge in [-0.25, -0.2) is 0 Å². The number of rotatable bonds is 5. The Hall–Kier alpha value is -3.03. The molecule has 6 nitrogen and oxygen atoms in total. The number of hydrogen-bond donors (Lipinski definition) is 1. The number of ether oxygens (including phenoxy) is 1. The number of carbonyl (C=O) groups is 3. The van der Waals surface area contributed by atoms with Crippen LogP contribution >= 0.6 is 15.9 Å². The van der Waals surface area contributed by atoms with Crippen LogP contribution in [0, 0.1) is 0 Å². The first kappa shape index (κ1) is 21.8. The van der Waals surface area contributed by atoms with Gasteiger partial charge in [-0.2, -0.15) is 0 Å². The van der Waals surface area contributed by atoms with Crippen LogP contribution in [-0.2, 0) is 20.7 Å². The second kappa shape index (κ2) is 9.08. The first-order valence-corrected chi connectivity index (χ1v) is 11.8. The van der Waals surface area contributed by atoms with E-state index in [0.29, 0.717) is 24.9 Å². The molecule has 3 aromatic rings. The molecule has 1 N–H and O–H groups in total. The fraction of sp³-hybridized carbons (Fsp3) is 0.269. The molecule has 2 aliphatic heterocycles. The van der Waals surface area contributed by atoms with Crippen LogP contribution in [0.5, 0.6) is 0 Å². The zero-order valence-corrected chi connectivity index (χ0v) is 19.5. The topological polar surface area (TPSA) is 75.7 Å². The maximum atomic E-state index is 13.6. The number of amides is 2. The number of nitrogens with one attached hydrogen (secondary N) is 1. The summed E-state index contributed by atoms with van der Waals surface area (Å²) in [6.45, 7) is 0.489. The molecule has 0 aromatic heterocycles. The maximum absolute atomic E-state index is 13.6. The minimum absolute atomic E-state index is 0.0416. The van der Waals surface area contributed by atoms with Gasteiger partial charge in [0, 0.05) is 23.0 Å². The Labute approximate surface area is 200 Å². The number of hydrogen-bond acceptors (Lipinski definition) is 4. The lowest BCUT2D eigenvalue weighted by Crippen LogP contribution is -2.53. The molecule has 0 aliphatic carbocycles. The molecule has 5 rings (SSSR count). The standard InChI is InChI=1S/C26H23BrN2O4/c27-20-9-5-16(6-10-20)13-21(26(32)29-12-11-23-24(29)22(30)15-33-23)28-25(31)19-8-7-17-3-1-2-4-18(17)14-19/h1-10,14,21,23-24H,11-13,15H2,(H,28,31). The van der Waals surface area contributed by atoms with Gasteiger partial charge in [-0.1, -0.05) is 58.4 Å². The Balaban J connectivity index is 1.41. The van der Waals surface area contributed by atoms with Crippen molar-refractivity contribution in [3.8, 4) is 0 Å². The second-order valence-electron chi connectivity index (χ2n) is 8.50. The molecule has 168 valence electrons. The molecule has 33 heavy (non-hydrogen) atoms. The van der Waals surface area contributed by atoms with Gasteiger partial charge in [0.05, 0.1) is 6.10 Å². The molecule has 3 aromatic carbocycles. The fourth-order valence-corrected chi connectivity index (χ4v) is 4.93. The van der Waals surface area contributed by atoms with Crippen molar-refractivity contribution >= 4 is 44.3 Å². The van der Waals surface area contributed by atoms with Crippen molar-refractivity contribution in [2.75, 3.05) is 13.2 Å². The Kier molecular flexibility index (Phi) is 6.00. The van der Waals surface area contributed by atoms with E-state index in [1.54, 1.807) is 11.0 Å². The van der Waals surface area contributed by atoms with Crippen LogP contribution in [-0.4, -0.2) is 53.8 Å². The monoisotopic (exact) mass is 506 g/mol. The van der Waals surface area contributed by atoms with Gasteiger partial charge in [0.1, 0.15) is 18.7 Å². The summed E-state index contributed by atoms with van der Waals surface area (Å²) in [5.41, 5.74) is 1.40. The molecule has 0 bridgehead atoms. The Bertz CT molecular complexity index is 1230. The summed E-state index contributed by atoms with van der Waals surface area (Å²) in [4.78, 5) is 40.7. The van der Waals surface area contributed by atoms with E-state index in [0.717, 1.165) is 20.8 Å².